The summed E-state index contributed by atoms with van der Waals surface area (Å²) < 4.78 is 39.8. The Morgan fingerprint density at radius 2 is 2.04 bits per heavy atom. The molecule has 3 aromatic rings. The molecule has 0 radical (unpaired) electrons. The van der Waals surface area contributed by atoms with Gasteiger partial charge < -0.3 is 5.32 Å². The number of alkyl halides is 3. The largest absolute Gasteiger partial charge is 0.416 e. The molecule has 0 saturated carbocycles. The van der Waals surface area contributed by atoms with Gasteiger partial charge in [-0.05, 0) is 25.1 Å². The summed E-state index contributed by atoms with van der Waals surface area (Å²) in [6.45, 7) is 1.66. The Bertz CT molecular complexity index is 936. The van der Waals surface area contributed by atoms with Crippen LogP contribution in [0.3, 0.4) is 0 Å². The van der Waals surface area contributed by atoms with Crippen molar-refractivity contribution in [2.45, 2.75) is 13.1 Å². The number of aryl methyl sites for hydroxylation is 1. The highest BCUT2D eigenvalue weighted by atomic mass is 35.5. The highest BCUT2D eigenvalue weighted by molar-refractivity contribution is 6.34. The topological polar surface area (TPSA) is 59.3 Å². The summed E-state index contributed by atoms with van der Waals surface area (Å²) in [5.41, 5.74) is 0.211. The van der Waals surface area contributed by atoms with Crippen LogP contribution in [0.25, 0.3) is 5.65 Å². The maximum absolute atomic E-state index is 12.8. The number of carbonyl (C=O) groups is 1. The number of anilines is 1. The lowest BCUT2D eigenvalue weighted by atomic mass is 10.1. The Balaban J connectivity index is 1.95. The lowest BCUT2D eigenvalue weighted by Crippen LogP contribution is -2.17. The minimum atomic E-state index is -4.53. The van der Waals surface area contributed by atoms with E-state index in [1.807, 2.05) is 0 Å². The quantitative estimate of drug-likeness (QED) is 0.757. The number of fused-ring (bicyclic) bond motifs is 1. The van der Waals surface area contributed by atoms with E-state index < -0.39 is 17.6 Å². The maximum atomic E-state index is 12.8. The second-order valence-electron chi connectivity index (χ2n) is 5.01. The Morgan fingerprint density at radius 1 is 1.29 bits per heavy atom. The van der Waals surface area contributed by atoms with Gasteiger partial charge in [-0.2, -0.15) is 18.3 Å². The van der Waals surface area contributed by atoms with E-state index in [4.69, 9.17) is 11.6 Å². The van der Waals surface area contributed by atoms with Crippen LogP contribution in [0.4, 0.5) is 18.9 Å². The average Bonchev–Trinajstić information content (AvgIpc) is 2.98. The first-order valence-corrected chi connectivity index (χ1v) is 7.12. The third-order valence-corrected chi connectivity index (χ3v) is 3.77. The van der Waals surface area contributed by atoms with E-state index in [9.17, 15) is 18.0 Å². The maximum Gasteiger partial charge on any atom is 0.416 e. The van der Waals surface area contributed by atoms with Crippen LogP contribution in [0.1, 0.15) is 21.6 Å². The van der Waals surface area contributed by atoms with Crippen LogP contribution in [-0.2, 0) is 6.18 Å². The van der Waals surface area contributed by atoms with Crippen molar-refractivity contribution in [3.05, 3.63) is 58.5 Å². The van der Waals surface area contributed by atoms with Crippen molar-refractivity contribution in [2.75, 3.05) is 5.32 Å². The first-order valence-electron chi connectivity index (χ1n) is 6.75. The van der Waals surface area contributed by atoms with Crippen LogP contribution in [0.5, 0.6) is 0 Å². The Labute approximate surface area is 139 Å². The van der Waals surface area contributed by atoms with E-state index in [0.29, 0.717) is 11.3 Å². The van der Waals surface area contributed by atoms with Gasteiger partial charge in [0.1, 0.15) is 0 Å². The molecule has 2 heterocycles. The van der Waals surface area contributed by atoms with Crippen LogP contribution >= 0.6 is 11.6 Å². The average molecular weight is 355 g/mol. The summed E-state index contributed by atoms with van der Waals surface area (Å²) >= 11 is 5.88. The molecule has 0 bridgehead atoms. The van der Waals surface area contributed by atoms with Gasteiger partial charge in [-0.1, -0.05) is 11.6 Å². The van der Waals surface area contributed by atoms with Crippen molar-refractivity contribution < 1.29 is 18.0 Å². The van der Waals surface area contributed by atoms with E-state index in [2.05, 4.69) is 15.4 Å². The molecule has 0 unspecified atom stereocenters. The molecule has 124 valence electrons. The Morgan fingerprint density at radius 3 is 2.75 bits per heavy atom. The number of rotatable bonds is 2. The zero-order valence-electron chi connectivity index (χ0n) is 12.2. The number of hydrogen-bond acceptors (Lipinski definition) is 3. The van der Waals surface area contributed by atoms with E-state index in [0.717, 1.165) is 18.2 Å². The predicted octanol–water partition coefficient (Wildman–Crippen LogP) is 3.96. The minimum Gasteiger partial charge on any atom is -0.321 e. The van der Waals surface area contributed by atoms with Gasteiger partial charge in [0.15, 0.2) is 5.65 Å². The summed E-state index contributed by atoms with van der Waals surface area (Å²) in [6.07, 6.45) is -1.67. The monoisotopic (exact) mass is 354 g/mol. The van der Waals surface area contributed by atoms with Crippen LogP contribution < -0.4 is 5.32 Å². The zero-order valence-corrected chi connectivity index (χ0v) is 13.0. The molecule has 0 saturated heterocycles. The van der Waals surface area contributed by atoms with Crippen molar-refractivity contribution in [3.63, 3.8) is 0 Å². The molecule has 1 aromatic carbocycles. The molecule has 0 aliphatic carbocycles. The molecule has 3 rings (SSSR count). The standard InChI is InChI=1S/C15H10ClF3N4O/c1-8-10(7-20-13-4-5-21-23(8)13)14(24)22-12-6-9(15(17,18)19)2-3-11(12)16/h2-7H,1H3,(H,22,24). The molecule has 0 fully saturated rings. The van der Waals surface area contributed by atoms with Gasteiger partial charge in [0.05, 0.1) is 33.7 Å². The fourth-order valence-electron chi connectivity index (χ4n) is 2.20. The molecule has 2 aromatic heterocycles. The number of aromatic nitrogens is 3. The summed E-state index contributed by atoms with van der Waals surface area (Å²) in [7, 11) is 0. The minimum absolute atomic E-state index is 0.00197. The summed E-state index contributed by atoms with van der Waals surface area (Å²) in [4.78, 5) is 16.5. The molecule has 0 aliphatic rings. The van der Waals surface area contributed by atoms with Crippen molar-refractivity contribution in [1.29, 1.82) is 0 Å². The molecule has 0 atom stereocenters. The molecule has 1 N–H and O–H groups in total. The molecule has 0 aliphatic heterocycles. The van der Waals surface area contributed by atoms with Crippen LogP contribution in [0.2, 0.25) is 5.02 Å². The molecule has 1 amide bonds. The first-order chi connectivity index (χ1) is 11.3. The molecule has 9 heteroatoms. The number of nitrogens with one attached hydrogen (secondary N) is 1. The van der Waals surface area contributed by atoms with E-state index >= 15 is 0 Å². The second kappa shape index (κ2) is 5.79. The van der Waals surface area contributed by atoms with Crippen molar-refractivity contribution >= 4 is 28.8 Å². The highest BCUT2D eigenvalue weighted by Gasteiger charge is 2.31. The molecular weight excluding hydrogens is 345 g/mol. The fraction of sp³-hybridized carbons (Fsp3) is 0.133. The van der Waals surface area contributed by atoms with Crippen molar-refractivity contribution in [2.24, 2.45) is 0 Å². The smallest absolute Gasteiger partial charge is 0.321 e. The fourth-order valence-corrected chi connectivity index (χ4v) is 2.37. The van der Waals surface area contributed by atoms with E-state index in [-0.39, 0.29) is 16.3 Å². The summed E-state index contributed by atoms with van der Waals surface area (Å²) in [5, 5.41) is 6.42. The summed E-state index contributed by atoms with van der Waals surface area (Å²) in [6, 6.07) is 4.39. The normalized spacial score (nSPS) is 11.7. The highest BCUT2D eigenvalue weighted by Crippen LogP contribution is 2.34. The van der Waals surface area contributed by atoms with Crippen molar-refractivity contribution in [3.8, 4) is 0 Å². The van der Waals surface area contributed by atoms with Gasteiger partial charge >= 0.3 is 6.18 Å². The summed E-state index contributed by atoms with van der Waals surface area (Å²) in [5.74, 6) is -0.626. The number of hydrogen-bond donors (Lipinski definition) is 1. The number of nitrogens with zero attached hydrogens (tertiary/aromatic N) is 3. The Hall–Kier alpha value is -2.61. The van der Waals surface area contributed by atoms with Gasteiger partial charge in [-0.25, -0.2) is 9.50 Å². The number of halogens is 4. The SMILES string of the molecule is Cc1c(C(=O)Nc2cc(C(F)(F)F)ccc2Cl)cnc2ccnn12. The van der Waals surface area contributed by atoms with Gasteiger partial charge in [0.25, 0.3) is 5.91 Å². The molecule has 0 spiro atoms. The van der Waals surface area contributed by atoms with Gasteiger partial charge in [0.2, 0.25) is 0 Å². The third kappa shape index (κ3) is 2.92. The second-order valence-corrected chi connectivity index (χ2v) is 5.41. The first kappa shape index (κ1) is 16.3. The number of carbonyl (C=O) groups excluding carboxylic acids is 1. The number of benzene rings is 1. The van der Waals surface area contributed by atoms with Gasteiger partial charge in [0, 0.05) is 12.3 Å². The van der Waals surface area contributed by atoms with E-state index in [1.54, 1.807) is 13.0 Å². The lowest BCUT2D eigenvalue weighted by molar-refractivity contribution is -0.137. The van der Waals surface area contributed by atoms with Gasteiger partial charge in [-0.3, -0.25) is 4.79 Å². The van der Waals surface area contributed by atoms with Gasteiger partial charge in [-0.15, -0.1) is 0 Å². The van der Waals surface area contributed by atoms with E-state index in [1.165, 1.54) is 16.9 Å². The van der Waals surface area contributed by atoms with Crippen LogP contribution in [-0.4, -0.2) is 20.5 Å². The van der Waals surface area contributed by atoms with Crippen molar-refractivity contribution in [1.82, 2.24) is 14.6 Å². The molecule has 5 nitrogen and oxygen atoms in total. The van der Waals surface area contributed by atoms with Crippen LogP contribution in [0, 0.1) is 6.92 Å². The molecular formula is C15H10ClF3N4O. The third-order valence-electron chi connectivity index (χ3n) is 3.44. The zero-order chi connectivity index (χ0) is 17.5. The number of amides is 1. The lowest BCUT2D eigenvalue weighted by Gasteiger charge is -2.12. The molecule has 24 heavy (non-hydrogen) atoms. The Kier molecular flexibility index (Phi) is 3.92. The predicted molar refractivity (Wildman–Crippen MR) is 82.1 cm³/mol. The van der Waals surface area contributed by atoms with Crippen LogP contribution in [0.15, 0.2) is 36.7 Å².